The van der Waals surface area contributed by atoms with Gasteiger partial charge in [-0.2, -0.15) is 0 Å². The third-order valence-corrected chi connectivity index (χ3v) is 3.52. The molecule has 0 aliphatic heterocycles. The predicted molar refractivity (Wildman–Crippen MR) is 50.5 cm³/mol. The highest BCUT2D eigenvalue weighted by Crippen LogP contribution is 2.33. The minimum atomic E-state index is 0.289. The summed E-state index contributed by atoms with van der Waals surface area (Å²) in [4.78, 5) is 0. The largest absolute Gasteiger partial charge is 0.416 e. The van der Waals surface area contributed by atoms with E-state index in [4.69, 9.17) is 10.2 Å². The minimum Gasteiger partial charge on any atom is -0.416 e. The predicted octanol–water partition coefficient (Wildman–Crippen LogP) is 1.35. The molecule has 1 aromatic rings. The van der Waals surface area contributed by atoms with E-state index in [0.717, 1.165) is 12.8 Å². The number of aryl methyl sites for hydroxylation is 1. The maximum atomic E-state index is 5.92. The molecular formula is C8H13N3OS. The van der Waals surface area contributed by atoms with Crippen LogP contribution in [0.1, 0.15) is 25.2 Å². The van der Waals surface area contributed by atoms with Gasteiger partial charge in [0.2, 0.25) is 5.89 Å². The van der Waals surface area contributed by atoms with Gasteiger partial charge in [0.1, 0.15) is 0 Å². The van der Waals surface area contributed by atoms with E-state index >= 15 is 0 Å². The molecule has 2 N–H and O–H groups in total. The lowest BCUT2D eigenvalue weighted by Crippen LogP contribution is -2.26. The third-order valence-electron chi connectivity index (χ3n) is 2.26. The van der Waals surface area contributed by atoms with Gasteiger partial charge < -0.3 is 10.2 Å². The molecule has 0 saturated heterocycles. The van der Waals surface area contributed by atoms with Gasteiger partial charge >= 0.3 is 0 Å². The molecule has 0 aromatic carbocycles. The normalized spacial score (nSPS) is 28.2. The Morgan fingerprint density at radius 1 is 1.46 bits per heavy atom. The maximum Gasteiger partial charge on any atom is 0.276 e. The summed E-state index contributed by atoms with van der Waals surface area (Å²) in [5.74, 6) is 0.620. The second-order valence-electron chi connectivity index (χ2n) is 3.34. The Kier molecular flexibility index (Phi) is 2.55. The zero-order valence-electron chi connectivity index (χ0n) is 7.56. The lowest BCUT2D eigenvalue weighted by Gasteiger charge is -2.10. The topological polar surface area (TPSA) is 64.9 Å². The first-order chi connectivity index (χ1) is 6.25. The summed E-state index contributed by atoms with van der Waals surface area (Å²) in [5, 5.41) is 8.82. The maximum absolute atomic E-state index is 5.92. The minimum absolute atomic E-state index is 0.289. The SMILES string of the molecule is Cc1nnc(SC2CCCC2N)o1. The van der Waals surface area contributed by atoms with Gasteiger partial charge in [-0.25, -0.2) is 0 Å². The molecular weight excluding hydrogens is 186 g/mol. The molecule has 1 aromatic heterocycles. The van der Waals surface area contributed by atoms with E-state index in [1.54, 1.807) is 18.7 Å². The van der Waals surface area contributed by atoms with Crippen LogP contribution in [0.2, 0.25) is 0 Å². The summed E-state index contributed by atoms with van der Waals surface area (Å²) in [6, 6.07) is 0.289. The molecule has 1 saturated carbocycles. The first-order valence-corrected chi connectivity index (χ1v) is 5.36. The number of rotatable bonds is 2. The van der Waals surface area contributed by atoms with Crippen molar-refractivity contribution in [3.05, 3.63) is 5.89 Å². The molecule has 2 atom stereocenters. The summed E-state index contributed by atoms with van der Waals surface area (Å²) in [7, 11) is 0. The second kappa shape index (κ2) is 3.67. The molecule has 0 spiro atoms. The molecule has 0 radical (unpaired) electrons. The molecule has 4 nitrogen and oxygen atoms in total. The van der Waals surface area contributed by atoms with Crippen LogP contribution in [-0.2, 0) is 0 Å². The van der Waals surface area contributed by atoms with Crippen LogP contribution in [0.4, 0.5) is 0 Å². The second-order valence-corrected chi connectivity index (χ2v) is 4.53. The molecule has 2 unspecified atom stereocenters. The van der Waals surface area contributed by atoms with Gasteiger partial charge in [0.05, 0.1) is 0 Å². The van der Waals surface area contributed by atoms with Gasteiger partial charge in [0.15, 0.2) is 0 Å². The quantitative estimate of drug-likeness (QED) is 0.778. The third kappa shape index (κ3) is 2.03. The molecule has 0 bridgehead atoms. The van der Waals surface area contributed by atoms with E-state index < -0.39 is 0 Å². The Hall–Kier alpha value is -0.550. The fourth-order valence-corrected chi connectivity index (χ4v) is 2.67. The van der Waals surface area contributed by atoms with Gasteiger partial charge in [0.25, 0.3) is 5.22 Å². The van der Waals surface area contributed by atoms with Crippen molar-refractivity contribution in [2.75, 3.05) is 0 Å². The summed E-state index contributed by atoms with van der Waals surface area (Å²) >= 11 is 1.61. The van der Waals surface area contributed by atoms with Crippen molar-refractivity contribution in [3.8, 4) is 0 Å². The van der Waals surface area contributed by atoms with E-state index in [2.05, 4.69) is 10.2 Å². The smallest absolute Gasteiger partial charge is 0.276 e. The van der Waals surface area contributed by atoms with Crippen LogP contribution in [0.15, 0.2) is 9.64 Å². The van der Waals surface area contributed by atoms with Gasteiger partial charge in [0, 0.05) is 18.2 Å². The average molecular weight is 199 g/mol. The molecule has 1 fully saturated rings. The van der Waals surface area contributed by atoms with Gasteiger partial charge in [-0.15, -0.1) is 10.2 Å². The molecule has 2 rings (SSSR count). The van der Waals surface area contributed by atoms with Crippen molar-refractivity contribution in [2.45, 2.75) is 42.7 Å². The number of thioether (sulfide) groups is 1. The summed E-state index contributed by atoms with van der Waals surface area (Å²) in [5.41, 5.74) is 5.92. The lowest BCUT2D eigenvalue weighted by atomic mass is 10.3. The Labute approximate surface area is 81.3 Å². The number of hydrogen-bond acceptors (Lipinski definition) is 5. The average Bonchev–Trinajstić information content (AvgIpc) is 2.64. The van der Waals surface area contributed by atoms with Crippen LogP contribution in [0.3, 0.4) is 0 Å². The highest BCUT2D eigenvalue weighted by Gasteiger charge is 2.26. The van der Waals surface area contributed by atoms with Gasteiger partial charge in [-0.1, -0.05) is 18.2 Å². The molecule has 72 valence electrons. The monoisotopic (exact) mass is 199 g/mol. The summed E-state index contributed by atoms with van der Waals surface area (Å²) < 4.78 is 5.28. The van der Waals surface area contributed by atoms with E-state index in [9.17, 15) is 0 Å². The highest BCUT2D eigenvalue weighted by molar-refractivity contribution is 7.99. The zero-order valence-corrected chi connectivity index (χ0v) is 8.38. The Morgan fingerprint density at radius 3 is 2.85 bits per heavy atom. The summed E-state index contributed by atoms with van der Waals surface area (Å²) in [6.07, 6.45) is 3.49. The van der Waals surface area contributed by atoms with Crippen LogP contribution in [0.25, 0.3) is 0 Å². The molecule has 1 aliphatic rings. The van der Waals surface area contributed by atoms with E-state index in [1.807, 2.05) is 0 Å². The van der Waals surface area contributed by atoms with Gasteiger partial charge in [-0.05, 0) is 12.8 Å². The van der Waals surface area contributed by atoms with Crippen molar-refractivity contribution in [3.63, 3.8) is 0 Å². The number of aromatic nitrogens is 2. The highest BCUT2D eigenvalue weighted by atomic mass is 32.2. The van der Waals surface area contributed by atoms with Crippen molar-refractivity contribution in [1.82, 2.24) is 10.2 Å². The molecule has 5 heteroatoms. The van der Waals surface area contributed by atoms with Crippen molar-refractivity contribution in [2.24, 2.45) is 5.73 Å². The van der Waals surface area contributed by atoms with Crippen molar-refractivity contribution < 1.29 is 4.42 Å². The summed E-state index contributed by atoms with van der Waals surface area (Å²) in [6.45, 7) is 1.80. The standard InChI is InChI=1S/C8H13N3OS/c1-5-10-11-8(12-5)13-7-4-2-3-6(7)9/h6-7H,2-4,9H2,1H3. The molecule has 0 amide bonds. The Morgan fingerprint density at radius 2 is 2.31 bits per heavy atom. The van der Waals surface area contributed by atoms with Crippen LogP contribution >= 0.6 is 11.8 Å². The number of nitrogens with zero attached hydrogens (tertiary/aromatic N) is 2. The molecule has 1 heterocycles. The van der Waals surface area contributed by atoms with E-state index in [1.165, 1.54) is 6.42 Å². The van der Waals surface area contributed by atoms with E-state index in [-0.39, 0.29) is 6.04 Å². The zero-order chi connectivity index (χ0) is 9.26. The molecule has 1 aliphatic carbocycles. The molecule has 13 heavy (non-hydrogen) atoms. The number of nitrogens with two attached hydrogens (primary N) is 1. The fraction of sp³-hybridized carbons (Fsp3) is 0.750. The van der Waals surface area contributed by atoms with Crippen LogP contribution < -0.4 is 5.73 Å². The van der Waals surface area contributed by atoms with Gasteiger partial charge in [-0.3, -0.25) is 0 Å². The van der Waals surface area contributed by atoms with Crippen molar-refractivity contribution >= 4 is 11.8 Å². The fourth-order valence-electron chi connectivity index (χ4n) is 1.56. The first kappa shape index (κ1) is 9.02. The Bertz CT molecular complexity index is 289. The van der Waals surface area contributed by atoms with Crippen molar-refractivity contribution in [1.29, 1.82) is 0 Å². The van der Waals surface area contributed by atoms with Crippen LogP contribution in [0.5, 0.6) is 0 Å². The first-order valence-electron chi connectivity index (χ1n) is 4.48. The number of hydrogen-bond donors (Lipinski definition) is 1. The Balaban J connectivity index is 1.97. The lowest BCUT2D eigenvalue weighted by molar-refractivity contribution is 0.428. The van der Waals surface area contributed by atoms with E-state index in [0.29, 0.717) is 16.4 Å². The van der Waals surface area contributed by atoms with Crippen LogP contribution in [-0.4, -0.2) is 21.5 Å². The van der Waals surface area contributed by atoms with Crippen LogP contribution in [0, 0.1) is 6.92 Å².